The second kappa shape index (κ2) is 9.45. The number of pyridine rings is 2. The van der Waals surface area contributed by atoms with Crippen molar-refractivity contribution in [3.8, 4) is 5.69 Å². The van der Waals surface area contributed by atoms with Crippen molar-refractivity contribution in [1.82, 2.24) is 9.55 Å². The highest BCUT2D eigenvalue weighted by molar-refractivity contribution is 5.82. The first-order valence-corrected chi connectivity index (χ1v) is 11.2. The Morgan fingerprint density at radius 1 is 1.21 bits per heavy atom. The fourth-order valence-corrected chi connectivity index (χ4v) is 4.23. The Hall–Kier alpha value is -3.67. The average Bonchev–Trinajstić information content (AvgIpc) is 2.80. The van der Waals surface area contributed by atoms with Crippen molar-refractivity contribution in [3.05, 3.63) is 94.6 Å². The van der Waals surface area contributed by atoms with Gasteiger partial charge in [0.15, 0.2) is 22.7 Å². The van der Waals surface area contributed by atoms with Gasteiger partial charge in [0.05, 0.1) is 11.1 Å². The molecule has 0 unspecified atom stereocenters. The first-order valence-electron chi connectivity index (χ1n) is 11.2. The fraction of sp³-hybridized carbons (Fsp3) is 0.259. The Morgan fingerprint density at radius 2 is 1.94 bits per heavy atom. The van der Waals surface area contributed by atoms with E-state index in [2.05, 4.69) is 18.5 Å². The highest BCUT2D eigenvalue weighted by Crippen LogP contribution is 2.29. The molecule has 1 aromatic carbocycles. The van der Waals surface area contributed by atoms with Gasteiger partial charge < -0.3 is 10.2 Å². The number of aromatic nitrogens is 2. The summed E-state index contributed by atoms with van der Waals surface area (Å²) in [5.74, 6) is 0.358. The van der Waals surface area contributed by atoms with E-state index in [1.54, 1.807) is 12.2 Å². The number of para-hydroxylation sites is 1. The van der Waals surface area contributed by atoms with Crippen LogP contribution in [0.4, 0.5) is 16.0 Å². The summed E-state index contributed by atoms with van der Waals surface area (Å²) < 4.78 is 17.0. The molecule has 172 valence electrons. The molecule has 0 saturated carbocycles. The summed E-state index contributed by atoms with van der Waals surface area (Å²) in [6, 6.07) is 10.7. The van der Waals surface area contributed by atoms with E-state index < -0.39 is 5.82 Å². The summed E-state index contributed by atoms with van der Waals surface area (Å²) in [6.07, 6.45) is 6.60. The van der Waals surface area contributed by atoms with Crippen LogP contribution in [0.3, 0.4) is 0 Å². The van der Waals surface area contributed by atoms with E-state index in [1.807, 2.05) is 47.6 Å². The van der Waals surface area contributed by atoms with E-state index in [4.69, 9.17) is 4.98 Å². The molecule has 1 aliphatic rings. The van der Waals surface area contributed by atoms with E-state index in [-0.39, 0.29) is 12.2 Å². The molecule has 1 aliphatic heterocycles. The highest BCUT2D eigenvalue weighted by Gasteiger charge is 2.21. The molecule has 4 rings (SSSR count). The molecule has 0 spiro atoms. The number of hydrogen-bond acceptors (Lipinski definition) is 4. The van der Waals surface area contributed by atoms with E-state index in [9.17, 15) is 4.79 Å². The number of halogens is 1. The number of fused-ring (bicyclic) bond motifs is 1. The Kier molecular flexibility index (Phi) is 6.45. The topological polar surface area (TPSA) is 50.2 Å². The first kappa shape index (κ1) is 22.5. The SMILES string of the molecule is C=C/C=C(/Nc1cc(=O)c2cc(F)c(N3CCCCC3)nc2n1-c1ccccc1C)C(=C)C.[HH]. The molecule has 1 saturated heterocycles. The van der Waals surface area contributed by atoms with Gasteiger partial charge in [-0.15, -0.1) is 0 Å². The van der Waals surface area contributed by atoms with Crippen LogP contribution in [0.1, 0.15) is 33.2 Å². The molecule has 0 atom stereocenters. The largest absolute Gasteiger partial charge is 0.354 e. The molecule has 33 heavy (non-hydrogen) atoms. The fourth-order valence-electron chi connectivity index (χ4n) is 4.23. The molecule has 3 aromatic rings. The average molecular weight is 447 g/mol. The zero-order valence-electron chi connectivity index (χ0n) is 19.2. The van der Waals surface area contributed by atoms with Crippen molar-refractivity contribution >= 4 is 22.7 Å². The third kappa shape index (κ3) is 4.46. The molecule has 0 bridgehead atoms. The van der Waals surface area contributed by atoms with E-state index in [0.29, 0.717) is 17.3 Å². The van der Waals surface area contributed by atoms with Gasteiger partial charge in [-0.05, 0) is 62.5 Å². The molecule has 3 heterocycles. The molecule has 2 aromatic heterocycles. The lowest BCUT2D eigenvalue weighted by atomic mass is 10.1. The number of allylic oxidation sites excluding steroid dienone is 3. The summed E-state index contributed by atoms with van der Waals surface area (Å²) in [6.45, 7) is 13.2. The van der Waals surface area contributed by atoms with Gasteiger partial charge in [-0.3, -0.25) is 9.36 Å². The van der Waals surface area contributed by atoms with Gasteiger partial charge in [-0.2, -0.15) is 0 Å². The van der Waals surface area contributed by atoms with E-state index >= 15 is 4.39 Å². The van der Waals surface area contributed by atoms with Gasteiger partial charge in [-0.25, -0.2) is 9.37 Å². The quantitative estimate of drug-likeness (QED) is 0.463. The van der Waals surface area contributed by atoms with Crippen LogP contribution in [0.2, 0.25) is 0 Å². The maximum Gasteiger partial charge on any atom is 0.193 e. The van der Waals surface area contributed by atoms with Crippen molar-refractivity contribution in [3.63, 3.8) is 0 Å². The zero-order valence-corrected chi connectivity index (χ0v) is 19.2. The van der Waals surface area contributed by atoms with Crippen LogP contribution in [0.5, 0.6) is 0 Å². The minimum Gasteiger partial charge on any atom is -0.354 e. The van der Waals surface area contributed by atoms with Crippen LogP contribution < -0.4 is 15.6 Å². The first-order chi connectivity index (χ1) is 15.9. The number of piperidine rings is 1. The Bertz CT molecular complexity index is 1320. The maximum atomic E-state index is 15.1. The zero-order chi connectivity index (χ0) is 23.5. The maximum absolute atomic E-state index is 15.1. The standard InChI is InChI=1S/C27H29FN4O.H2/c1-5-11-22(18(2)3)29-25-17-24(33)20-16-21(28)27(31-14-9-6-10-15-31)30-26(20)32(25)23-13-8-7-12-19(23)4;/h5,7-8,11-13,16-17,29H,1-2,6,9-10,14-15H2,3-4H3;1H/b22-11+;. The van der Waals surface area contributed by atoms with Crippen LogP contribution in [-0.4, -0.2) is 22.6 Å². The molecule has 5 nitrogen and oxygen atoms in total. The summed E-state index contributed by atoms with van der Waals surface area (Å²) >= 11 is 0. The third-order valence-electron chi connectivity index (χ3n) is 5.94. The minimum atomic E-state index is -0.465. The monoisotopic (exact) mass is 446 g/mol. The van der Waals surface area contributed by atoms with Gasteiger partial charge in [0.25, 0.3) is 0 Å². The molecule has 1 N–H and O–H groups in total. The number of rotatable bonds is 6. The second-order valence-electron chi connectivity index (χ2n) is 8.45. The van der Waals surface area contributed by atoms with Crippen molar-refractivity contribution in [1.29, 1.82) is 0 Å². The van der Waals surface area contributed by atoms with E-state index in [1.165, 1.54) is 12.1 Å². The number of benzene rings is 1. The molecular formula is C27H31FN4O. The minimum absolute atomic E-state index is 0. The molecule has 1 fully saturated rings. The second-order valence-corrected chi connectivity index (χ2v) is 8.45. The van der Waals surface area contributed by atoms with Crippen LogP contribution >= 0.6 is 0 Å². The van der Waals surface area contributed by atoms with Gasteiger partial charge in [0.1, 0.15) is 5.82 Å². The molecule has 0 radical (unpaired) electrons. The Morgan fingerprint density at radius 3 is 2.61 bits per heavy atom. The Balaban J connectivity index is 0.00000324. The smallest absolute Gasteiger partial charge is 0.193 e. The molecule has 0 amide bonds. The van der Waals surface area contributed by atoms with Gasteiger partial charge in [0.2, 0.25) is 0 Å². The molecular weight excluding hydrogens is 415 g/mol. The summed E-state index contributed by atoms with van der Waals surface area (Å²) in [4.78, 5) is 19.8. The predicted octanol–water partition coefficient (Wildman–Crippen LogP) is 6.13. The van der Waals surface area contributed by atoms with Crippen LogP contribution in [-0.2, 0) is 0 Å². The normalized spacial score (nSPS) is 14.4. The highest BCUT2D eigenvalue weighted by atomic mass is 19.1. The molecule has 0 aliphatic carbocycles. The van der Waals surface area contributed by atoms with Gasteiger partial charge >= 0.3 is 0 Å². The number of hydrogen-bond donors (Lipinski definition) is 1. The third-order valence-corrected chi connectivity index (χ3v) is 5.94. The molecule has 6 heteroatoms. The summed E-state index contributed by atoms with van der Waals surface area (Å²) in [7, 11) is 0. The van der Waals surface area contributed by atoms with Crippen molar-refractivity contribution in [2.45, 2.75) is 33.1 Å². The summed E-state index contributed by atoms with van der Waals surface area (Å²) in [5, 5.41) is 3.57. The van der Waals surface area contributed by atoms with Crippen LogP contribution in [0, 0.1) is 12.7 Å². The van der Waals surface area contributed by atoms with Gasteiger partial charge in [0, 0.05) is 26.3 Å². The van der Waals surface area contributed by atoms with E-state index in [0.717, 1.165) is 54.9 Å². The number of nitrogens with one attached hydrogen (secondary N) is 1. The number of anilines is 2. The van der Waals surface area contributed by atoms with Crippen LogP contribution in [0.15, 0.2) is 77.8 Å². The summed E-state index contributed by atoms with van der Waals surface area (Å²) in [5.41, 5.74) is 3.49. The Labute approximate surface area is 195 Å². The van der Waals surface area contributed by atoms with Crippen LogP contribution in [0.25, 0.3) is 16.7 Å². The van der Waals surface area contributed by atoms with Crippen molar-refractivity contribution < 1.29 is 5.82 Å². The van der Waals surface area contributed by atoms with Crippen molar-refractivity contribution in [2.75, 3.05) is 23.3 Å². The number of nitrogens with zero attached hydrogens (tertiary/aromatic N) is 3. The predicted molar refractivity (Wildman–Crippen MR) is 137 cm³/mol. The lowest BCUT2D eigenvalue weighted by Crippen LogP contribution is -2.31. The van der Waals surface area contributed by atoms with Crippen molar-refractivity contribution in [2.24, 2.45) is 0 Å². The lowest BCUT2D eigenvalue weighted by Gasteiger charge is -2.28. The van der Waals surface area contributed by atoms with Gasteiger partial charge in [-0.1, -0.05) is 37.4 Å². The number of aryl methyl sites for hydroxylation is 1. The lowest BCUT2D eigenvalue weighted by molar-refractivity contribution is 0.551.